The molecule has 0 radical (unpaired) electrons. The van der Waals surface area contributed by atoms with Crippen molar-refractivity contribution in [2.24, 2.45) is 0 Å². The summed E-state index contributed by atoms with van der Waals surface area (Å²) in [4.78, 5) is 14.2. The Kier molecular flexibility index (Phi) is 6.16. The van der Waals surface area contributed by atoms with Crippen molar-refractivity contribution in [2.75, 3.05) is 19.8 Å². The van der Waals surface area contributed by atoms with E-state index in [9.17, 15) is 4.79 Å². The summed E-state index contributed by atoms with van der Waals surface area (Å²) in [6.07, 6.45) is 5.36. The van der Waals surface area contributed by atoms with Crippen LogP contribution in [0.5, 0.6) is 0 Å². The van der Waals surface area contributed by atoms with Crippen LogP contribution in [0.1, 0.15) is 43.2 Å². The summed E-state index contributed by atoms with van der Waals surface area (Å²) < 4.78 is 11.2. The number of ether oxygens (including phenoxy) is 2. The quantitative estimate of drug-likeness (QED) is 0.701. The van der Waals surface area contributed by atoms with Gasteiger partial charge in [-0.3, -0.25) is 4.90 Å². The molecule has 1 spiro atoms. The van der Waals surface area contributed by atoms with E-state index >= 15 is 0 Å². The average Bonchev–Trinajstić information content (AvgIpc) is 3.03. The molecular weight excluding hydrogens is 366 g/mol. The van der Waals surface area contributed by atoms with Gasteiger partial charge >= 0.3 is 6.09 Å². The van der Waals surface area contributed by atoms with Crippen LogP contribution >= 0.6 is 0 Å². The van der Waals surface area contributed by atoms with Crippen LogP contribution < -0.4 is 0 Å². The molecular formula is C24H29NO4. The maximum absolute atomic E-state index is 12.4. The number of carbonyl (C=O) groups is 1. The second kappa shape index (κ2) is 8.97. The first-order valence-corrected chi connectivity index (χ1v) is 10.5. The van der Waals surface area contributed by atoms with Crippen molar-refractivity contribution in [3.8, 4) is 11.1 Å². The van der Waals surface area contributed by atoms with Crippen LogP contribution in [0.25, 0.3) is 11.1 Å². The van der Waals surface area contributed by atoms with Gasteiger partial charge in [-0.25, -0.2) is 4.79 Å². The third-order valence-corrected chi connectivity index (χ3v) is 5.90. The van der Waals surface area contributed by atoms with Gasteiger partial charge in [0.2, 0.25) is 0 Å². The predicted octanol–water partition coefficient (Wildman–Crippen LogP) is 4.52. The van der Waals surface area contributed by atoms with E-state index in [2.05, 4.69) is 36.4 Å². The predicted molar refractivity (Wildman–Crippen MR) is 111 cm³/mol. The molecule has 1 saturated carbocycles. The summed E-state index contributed by atoms with van der Waals surface area (Å²) in [5.74, 6) is 0. The highest BCUT2D eigenvalue weighted by Gasteiger charge is 2.45. The van der Waals surface area contributed by atoms with Crippen molar-refractivity contribution in [3.63, 3.8) is 0 Å². The fourth-order valence-electron chi connectivity index (χ4n) is 4.39. The second-order valence-electron chi connectivity index (χ2n) is 8.14. The SMILES string of the molecule is O=C1OC2(CCCCC2)CN1Cc1ccc(-c2cccc(COCCO)c2)cc1. The maximum Gasteiger partial charge on any atom is 0.410 e. The van der Waals surface area contributed by atoms with Crippen molar-refractivity contribution in [1.29, 1.82) is 0 Å². The molecule has 5 heteroatoms. The number of carbonyl (C=O) groups excluding carboxylic acids is 1. The van der Waals surface area contributed by atoms with Gasteiger partial charge in [0, 0.05) is 6.54 Å². The van der Waals surface area contributed by atoms with Gasteiger partial charge in [0.05, 0.1) is 26.4 Å². The van der Waals surface area contributed by atoms with E-state index in [1.165, 1.54) is 6.42 Å². The molecule has 0 aromatic heterocycles. The van der Waals surface area contributed by atoms with E-state index in [1.54, 1.807) is 0 Å². The molecule has 2 aromatic carbocycles. The third-order valence-electron chi connectivity index (χ3n) is 5.90. The Hall–Kier alpha value is -2.37. The highest BCUT2D eigenvalue weighted by Crippen LogP contribution is 2.37. The first kappa shape index (κ1) is 19.9. The number of hydrogen-bond acceptors (Lipinski definition) is 4. The Morgan fingerprint density at radius 2 is 1.79 bits per heavy atom. The van der Waals surface area contributed by atoms with E-state index in [4.69, 9.17) is 14.6 Å². The highest BCUT2D eigenvalue weighted by atomic mass is 16.6. The van der Waals surface area contributed by atoms with E-state index in [-0.39, 0.29) is 18.3 Å². The number of aliphatic hydroxyl groups is 1. The van der Waals surface area contributed by atoms with Gasteiger partial charge in [-0.2, -0.15) is 0 Å². The van der Waals surface area contributed by atoms with Crippen LogP contribution in [0.15, 0.2) is 48.5 Å². The molecule has 1 amide bonds. The summed E-state index contributed by atoms with van der Waals surface area (Å²) in [6.45, 7) is 2.18. The molecule has 2 aromatic rings. The fraction of sp³-hybridized carbons (Fsp3) is 0.458. The topological polar surface area (TPSA) is 59.0 Å². The molecule has 29 heavy (non-hydrogen) atoms. The standard InChI is InChI=1S/C24H29NO4/c26-13-14-28-17-20-5-4-6-22(15-20)21-9-7-19(8-10-21)16-25-18-24(29-23(25)27)11-2-1-3-12-24/h4-10,15,26H,1-3,11-14,16-18H2. The zero-order valence-electron chi connectivity index (χ0n) is 16.8. The smallest absolute Gasteiger partial charge is 0.410 e. The van der Waals surface area contributed by atoms with Crippen molar-refractivity contribution >= 4 is 6.09 Å². The molecule has 0 unspecified atom stereocenters. The molecule has 0 bridgehead atoms. The molecule has 1 aliphatic carbocycles. The molecule has 2 aliphatic rings. The van der Waals surface area contributed by atoms with E-state index in [0.29, 0.717) is 26.3 Å². The summed E-state index contributed by atoms with van der Waals surface area (Å²) in [7, 11) is 0. The van der Waals surface area contributed by atoms with Crippen molar-refractivity contribution < 1.29 is 19.4 Å². The van der Waals surface area contributed by atoms with Crippen LogP contribution in [0, 0.1) is 0 Å². The summed E-state index contributed by atoms with van der Waals surface area (Å²) in [5.41, 5.74) is 4.21. The lowest BCUT2D eigenvalue weighted by molar-refractivity contribution is 0.0260. The van der Waals surface area contributed by atoms with Gasteiger partial charge in [0.1, 0.15) is 5.60 Å². The summed E-state index contributed by atoms with van der Waals surface area (Å²) in [5, 5.41) is 8.84. The van der Waals surface area contributed by atoms with Crippen LogP contribution in [0.3, 0.4) is 0 Å². The van der Waals surface area contributed by atoms with Gasteiger partial charge in [0.15, 0.2) is 0 Å². The minimum Gasteiger partial charge on any atom is -0.441 e. The van der Waals surface area contributed by atoms with E-state index in [0.717, 1.165) is 47.9 Å². The lowest BCUT2D eigenvalue weighted by Crippen LogP contribution is -2.36. The minimum atomic E-state index is -0.242. The molecule has 0 atom stereocenters. The number of aliphatic hydroxyl groups excluding tert-OH is 1. The number of nitrogens with zero attached hydrogens (tertiary/aromatic N) is 1. The monoisotopic (exact) mass is 395 g/mol. The van der Waals surface area contributed by atoms with Crippen LogP contribution in [-0.2, 0) is 22.6 Å². The third kappa shape index (κ3) is 4.80. The molecule has 1 saturated heterocycles. The van der Waals surface area contributed by atoms with E-state index < -0.39 is 0 Å². The Bertz CT molecular complexity index is 827. The minimum absolute atomic E-state index is 0.0346. The van der Waals surface area contributed by atoms with Crippen LogP contribution in [0.4, 0.5) is 4.79 Å². The zero-order chi connectivity index (χ0) is 20.1. The first-order valence-electron chi connectivity index (χ1n) is 10.5. The lowest BCUT2D eigenvalue weighted by Gasteiger charge is -2.30. The molecule has 1 heterocycles. The average molecular weight is 395 g/mol. The van der Waals surface area contributed by atoms with Gasteiger partial charge in [-0.1, -0.05) is 48.9 Å². The first-order chi connectivity index (χ1) is 14.2. The molecule has 4 rings (SSSR count). The van der Waals surface area contributed by atoms with Crippen molar-refractivity contribution in [1.82, 2.24) is 4.90 Å². The molecule has 1 N–H and O–H groups in total. The van der Waals surface area contributed by atoms with Gasteiger partial charge in [-0.05, 0) is 54.0 Å². The second-order valence-corrected chi connectivity index (χ2v) is 8.14. The fourth-order valence-corrected chi connectivity index (χ4v) is 4.39. The number of amides is 1. The molecule has 2 fully saturated rings. The maximum atomic E-state index is 12.4. The molecule has 5 nitrogen and oxygen atoms in total. The summed E-state index contributed by atoms with van der Waals surface area (Å²) >= 11 is 0. The van der Waals surface area contributed by atoms with Gasteiger partial charge in [-0.15, -0.1) is 0 Å². The Morgan fingerprint density at radius 3 is 2.55 bits per heavy atom. The van der Waals surface area contributed by atoms with E-state index in [1.807, 2.05) is 17.0 Å². The van der Waals surface area contributed by atoms with Crippen LogP contribution in [0.2, 0.25) is 0 Å². The van der Waals surface area contributed by atoms with Gasteiger partial charge < -0.3 is 14.6 Å². The normalized spacial score (nSPS) is 18.2. The number of rotatable bonds is 7. The van der Waals surface area contributed by atoms with Gasteiger partial charge in [0.25, 0.3) is 0 Å². The Balaban J connectivity index is 1.39. The molecule has 154 valence electrons. The Labute approximate surface area is 172 Å². The molecule has 1 aliphatic heterocycles. The lowest BCUT2D eigenvalue weighted by atomic mass is 9.85. The van der Waals surface area contributed by atoms with Crippen LogP contribution in [-0.4, -0.2) is 41.5 Å². The highest BCUT2D eigenvalue weighted by molar-refractivity contribution is 5.71. The number of benzene rings is 2. The Morgan fingerprint density at radius 1 is 1.00 bits per heavy atom. The largest absolute Gasteiger partial charge is 0.441 e. The van der Waals surface area contributed by atoms with Crippen molar-refractivity contribution in [2.45, 2.75) is 50.9 Å². The summed E-state index contributed by atoms with van der Waals surface area (Å²) in [6, 6.07) is 16.6. The zero-order valence-corrected chi connectivity index (χ0v) is 16.8. The van der Waals surface area contributed by atoms with Crippen molar-refractivity contribution in [3.05, 3.63) is 59.7 Å². The number of hydrogen-bond donors (Lipinski definition) is 1.